The average Bonchev–Trinajstić information content (AvgIpc) is 3.53. The number of anilines is 1. The molecular formula is C23H21F2N9O. The van der Waals surface area contributed by atoms with Gasteiger partial charge in [0.15, 0.2) is 17.5 Å². The first-order valence-electron chi connectivity index (χ1n) is 11.0. The minimum absolute atomic E-state index is 0.183. The molecule has 1 unspecified atom stereocenters. The molecule has 4 heterocycles. The molecule has 35 heavy (non-hydrogen) atoms. The van der Waals surface area contributed by atoms with Crippen LogP contribution in [0.4, 0.5) is 19.4 Å². The van der Waals surface area contributed by atoms with Gasteiger partial charge in [0, 0.05) is 45.9 Å². The predicted octanol–water partition coefficient (Wildman–Crippen LogP) is 2.70. The zero-order valence-corrected chi connectivity index (χ0v) is 18.8. The molecular weight excluding hydrogens is 456 g/mol. The third-order valence-electron chi connectivity index (χ3n) is 5.97. The summed E-state index contributed by atoms with van der Waals surface area (Å²) in [6, 6.07) is 8.01. The van der Waals surface area contributed by atoms with Gasteiger partial charge >= 0.3 is 6.03 Å². The maximum Gasteiger partial charge on any atom is 0.341 e. The molecule has 10 nitrogen and oxygen atoms in total. The number of benzene rings is 1. The monoisotopic (exact) mass is 477 g/mol. The van der Waals surface area contributed by atoms with Crippen LogP contribution >= 0.6 is 0 Å². The van der Waals surface area contributed by atoms with Gasteiger partial charge in [0.1, 0.15) is 17.8 Å². The van der Waals surface area contributed by atoms with Crippen LogP contribution in [-0.4, -0.2) is 68.1 Å². The zero-order valence-electron chi connectivity index (χ0n) is 18.8. The second kappa shape index (κ2) is 9.09. The lowest BCUT2D eigenvalue weighted by molar-refractivity contribution is 0.139. The Morgan fingerprint density at radius 1 is 1.14 bits per heavy atom. The van der Waals surface area contributed by atoms with Crippen molar-refractivity contribution in [1.29, 1.82) is 5.26 Å². The molecule has 3 aromatic rings. The summed E-state index contributed by atoms with van der Waals surface area (Å²) in [6.45, 7) is 1.40. The lowest BCUT2D eigenvalue weighted by Gasteiger charge is -2.37. The van der Waals surface area contributed by atoms with E-state index < -0.39 is 17.7 Å². The third kappa shape index (κ3) is 4.40. The van der Waals surface area contributed by atoms with Crippen LogP contribution in [-0.2, 0) is 7.05 Å². The molecule has 0 spiro atoms. The van der Waals surface area contributed by atoms with E-state index >= 15 is 0 Å². The number of amides is 2. The fraction of sp³-hybridized carbons (Fsp3) is 0.304. The number of halogens is 2. The van der Waals surface area contributed by atoms with E-state index in [-0.39, 0.29) is 17.4 Å². The number of nitrogens with zero attached hydrogens (tertiary/aromatic N) is 9. The van der Waals surface area contributed by atoms with Crippen LogP contribution in [0.15, 0.2) is 41.8 Å². The van der Waals surface area contributed by atoms with E-state index in [0.717, 1.165) is 6.07 Å². The van der Waals surface area contributed by atoms with Gasteiger partial charge in [-0.05, 0) is 35.9 Å². The van der Waals surface area contributed by atoms with Crippen LogP contribution in [0.5, 0.6) is 0 Å². The van der Waals surface area contributed by atoms with Crippen LogP contribution in [0.1, 0.15) is 23.6 Å². The van der Waals surface area contributed by atoms with Crippen LogP contribution in [0.3, 0.4) is 0 Å². The molecule has 5 rings (SSSR count). The van der Waals surface area contributed by atoms with Crippen molar-refractivity contribution in [2.75, 3.05) is 31.1 Å². The molecule has 1 aromatic carbocycles. The summed E-state index contributed by atoms with van der Waals surface area (Å²) in [4.78, 5) is 25.2. The van der Waals surface area contributed by atoms with Crippen molar-refractivity contribution in [2.24, 2.45) is 12.1 Å². The van der Waals surface area contributed by atoms with Crippen LogP contribution in [0.25, 0.3) is 11.5 Å². The first kappa shape index (κ1) is 22.4. The van der Waals surface area contributed by atoms with Crippen LogP contribution in [0.2, 0.25) is 0 Å². The van der Waals surface area contributed by atoms with E-state index in [1.807, 2.05) is 6.07 Å². The Morgan fingerprint density at radius 3 is 2.66 bits per heavy atom. The van der Waals surface area contributed by atoms with Crippen molar-refractivity contribution in [3.05, 3.63) is 59.4 Å². The molecule has 12 heteroatoms. The van der Waals surface area contributed by atoms with Crippen molar-refractivity contribution in [1.82, 2.24) is 29.7 Å². The number of nitriles is 1. The summed E-state index contributed by atoms with van der Waals surface area (Å²) in [7, 11) is 1.74. The third-order valence-corrected chi connectivity index (χ3v) is 5.97. The van der Waals surface area contributed by atoms with E-state index in [0.29, 0.717) is 49.7 Å². The molecule has 1 saturated heterocycles. The molecule has 2 aliphatic heterocycles. The Balaban J connectivity index is 1.28. The predicted molar refractivity (Wildman–Crippen MR) is 122 cm³/mol. The highest BCUT2D eigenvalue weighted by molar-refractivity contribution is 5.79. The molecule has 1 fully saturated rings. The molecule has 2 amide bonds. The number of rotatable bonds is 3. The first-order valence-corrected chi connectivity index (χ1v) is 11.0. The van der Waals surface area contributed by atoms with E-state index in [1.54, 1.807) is 40.1 Å². The van der Waals surface area contributed by atoms with Gasteiger partial charge in [-0.3, -0.25) is 4.68 Å². The van der Waals surface area contributed by atoms with Crippen molar-refractivity contribution >= 4 is 18.1 Å². The Hall–Kier alpha value is -4.40. The van der Waals surface area contributed by atoms with Gasteiger partial charge < -0.3 is 9.80 Å². The highest BCUT2D eigenvalue weighted by Crippen LogP contribution is 2.31. The average molecular weight is 477 g/mol. The largest absolute Gasteiger partial charge is 0.351 e. The van der Waals surface area contributed by atoms with Crippen LogP contribution < -0.4 is 4.90 Å². The zero-order chi connectivity index (χ0) is 24.5. The van der Waals surface area contributed by atoms with Gasteiger partial charge in [-0.2, -0.15) is 10.4 Å². The minimum atomic E-state index is -0.537. The quantitative estimate of drug-likeness (QED) is 0.574. The molecule has 1 atom stereocenters. The van der Waals surface area contributed by atoms with Gasteiger partial charge in [0.25, 0.3) is 0 Å². The van der Waals surface area contributed by atoms with E-state index in [4.69, 9.17) is 5.26 Å². The Kier molecular flexibility index (Phi) is 5.82. The van der Waals surface area contributed by atoms with Gasteiger partial charge in [-0.1, -0.05) is 0 Å². The molecule has 0 N–H and O–H groups in total. The summed E-state index contributed by atoms with van der Waals surface area (Å²) < 4.78 is 30.1. The second-order valence-electron chi connectivity index (χ2n) is 8.28. The Bertz CT molecular complexity index is 1340. The second-order valence-corrected chi connectivity index (χ2v) is 8.28. The number of pyridine rings is 1. The molecule has 0 saturated carbocycles. The van der Waals surface area contributed by atoms with Crippen molar-refractivity contribution in [2.45, 2.75) is 12.5 Å². The van der Waals surface area contributed by atoms with Crippen molar-refractivity contribution in [3.63, 3.8) is 0 Å². The molecule has 0 radical (unpaired) electrons. The van der Waals surface area contributed by atoms with Gasteiger partial charge in [-0.15, -0.1) is 5.10 Å². The highest BCUT2D eigenvalue weighted by Gasteiger charge is 2.34. The number of carbonyl (C=O) groups is 1. The van der Waals surface area contributed by atoms with E-state index in [1.165, 1.54) is 23.2 Å². The lowest BCUT2D eigenvalue weighted by Crippen LogP contribution is -2.52. The lowest BCUT2D eigenvalue weighted by atomic mass is 10.0. The van der Waals surface area contributed by atoms with E-state index in [2.05, 4.69) is 20.2 Å². The molecule has 2 aromatic heterocycles. The SMILES string of the molecule is Cn1cnc(-c2ccc(F)c(N3CCN(C(=O)N4N=CCC4c4cc(F)cc(C#N)c4)CC3)n2)n1. The number of urea groups is 1. The number of aromatic nitrogens is 4. The number of hydrogen-bond acceptors (Lipinski definition) is 7. The number of hydrazone groups is 1. The van der Waals surface area contributed by atoms with Gasteiger partial charge in [0.2, 0.25) is 0 Å². The summed E-state index contributed by atoms with van der Waals surface area (Å²) >= 11 is 0. The molecule has 178 valence electrons. The summed E-state index contributed by atoms with van der Waals surface area (Å²) in [6.07, 6.45) is 3.57. The smallest absolute Gasteiger partial charge is 0.341 e. The van der Waals surface area contributed by atoms with Crippen molar-refractivity contribution < 1.29 is 13.6 Å². The first-order chi connectivity index (χ1) is 16.9. The number of carbonyl (C=O) groups excluding carboxylic acids is 1. The minimum Gasteiger partial charge on any atom is -0.351 e. The van der Waals surface area contributed by atoms with Gasteiger partial charge in [-0.25, -0.2) is 28.6 Å². The molecule has 2 aliphatic rings. The topological polar surface area (TPSA) is 107 Å². The molecule has 0 aliphatic carbocycles. The maximum atomic E-state index is 14.6. The normalized spacial score (nSPS) is 17.7. The highest BCUT2D eigenvalue weighted by atomic mass is 19.1. The molecule has 0 bridgehead atoms. The number of piperazine rings is 1. The van der Waals surface area contributed by atoms with Crippen molar-refractivity contribution in [3.8, 4) is 17.6 Å². The fourth-order valence-corrected chi connectivity index (χ4v) is 4.23. The summed E-state index contributed by atoms with van der Waals surface area (Å²) in [5, 5.41) is 18.9. The Morgan fingerprint density at radius 2 is 1.94 bits per heavy atom. The van der Waals surface area contributed by atoms with E-state index in [9.17, 15) is 13.6 Å². The summed E-state index contributed by atoms with van der Waals surface area (Å²) in [5.41, 5.74) is 1.16. The fourth-order valence-electron chi connectivity index (χ4n) is 4.23. The Labute approximate surface area is 199 Å². The van der Waals surface area contributed by atoms with Gasteiger partial charge in [0.05, 0.1) is 17.7 Å². The number of hydrogen-bond donors (Lipinski definition) is 0. The van der Waals surface area contributed by atoms with Crippen LogP contribution in [0, 0.1) is 23.0 Å². The number of aryl methyl sites for hydroxylation is 1. The summed E-state index contributed by atoms with van der Waals surface area (Å²) in [5.74, 6) is -0.419. The standard InChI is InChI=1S/C23H21F2N9O/c1-31-14-27-21(30-31)19-3-2-18(25)22(29-19)32-6-8-33(9-7-32)23(35)34-20(4-5-28-34)16-10-15(13-26)11-17(24)12-16/h2-3,5,10-12,14,20H,4,6-9H2,1H3. The maximum absolute atomic E-state index is 14.6.